The van der Waals surface area contributed by atoms with E-state index in [0.29, 0.717) is 50.0 Å². The highest BCUT2D eigenvalue weighted by molar-refractivity contribution is 5.63. The summed E-state index contributed by atoms with van der Waals surface area (Å²) in [5, 5.41) is 25.6. The van der Waals surface area contributed by atoms with Crippen molar-refractivity contribution < 1.29 is 9.66 Å². The zero-order valence-corrected chi connectivity index (χ0v) is 17.8. The Kier molecular flexibility index (Phi) is 3.88. The first-order chi connectivity index (χ1) is 15.3. The molecular weight excluding hydrogens is 412 g/mol. The molecule has 2 aromatic heterocycles. The Morgan fingerprint density at radius 1 is 1.31 bits per heavy atom. The van der Waals surface area contributed by atoms with Gasteiger partial charge in [0.25, 0.3) is 0 Å². The van der Waals surface area contributed by atoms with Crippen molar-refractivity contribution in [2.75, 3.05) is 23.7 Å². The summed E-state index contributed by atoms with van der Waals surface area (Å²) in [7, 11) is 0. The van der Waals surface area contributed by atoms with Crippen LogP contribution in [0.5, 0.6) is 0 Å². The Morgan fingerprint density at radius 3 is 2.72 bits per heavy atom. The van der Waals surface area contributed by atoms with Crippen molar-refractivity contribution >= 4 is 17.5 Å². The minimum absolute atomic E-state index is 0.0849. The lowest BCUT2D eigenvalue weighted by Crippen LogP contribution is -2.64. The van der Waals surface area contributed by atoms with Crippen LogP contribution in [0, 0.1) is 26.9 Å². The number of nitrogens with zero attached hydrogens (tertiary/aromatic N) is 7. The third kappa shape index (κ3) is 2.79. The average Bonchev–Trinajstić information content (AvgIpc) is 3.42. The zero-order chi connectivity index (χ0) is 22.3. The third-order valence-electron chi connectivity index (χ3n) is 7.31. The molecule has 0 aromatic carbocycles. The number of nitrogens with two attached hydrogens (primary N) is 1. The van der Waals surface area contributed by atoms with Crippen LogP contribution in [0.2, 0.25) is 0 Å². The zero-order valence-electron chi connectivity index (χ0n) is 17.8. The van der Waals surface area contributed by atoms with Crippen molar-refractivity contribution in [1.29, 1.82) is 5.26 Å². The number of hydrogen-bond donors (Lipinski definition) is 1. The number of ether oxygens (including phenoxy) is 1. The highest BCUT2D eigenvalue weighted by Gasteiger charge is 2.71. The number of nitrogen functional groups attached to an aromatic ring is 1. The van der Waals surface area contributed by atoms with E-state index in [9.17, 15) is 15.4 Å². The van der Waals surface area contributed by atoms with Gasteiger partial charge in [0.15, 0.2) is 0 Å². The van der Waals surface area contributed by atoms with Gasteiger partial charge in [-0.3, -0.25) is 14.8 Å². The smallest absolute Gasteiger partial charge is 0.333 e. The van der Waals surface area contributed by atoms with E-state index in [1.807, 2.05) is 28.9 Å². The summed E-state index contributed by atoms with van der Waals surface area (Å²) < 4.78 is 8.16. The predicted molar refractivity (Wildman–Crippen MR) is 113 cm³/mol. The number of aromatic nitrogens is 4. The maximum atomic E-state index is 11.8. The molecule has 0 spiro atoms. The highest BCUT2D eigenvalue weighted by Crippen LogP contribution is 2.74. The number of morpholine rings is 1. The molecule has 5 fully saturated rings. The van der Waals surface area contributed by atoms with Crippen molar-refractivity contribution in [3.05, 3.63) is 33.8 Å². The SMILES string of the molecule is CC1CN(c2nc(N)c([N+](=O)[O-])c(C34CC(C#N)(C3)C4)n2)CC(c2cnn(C3CC3)c2)O1. The van der Waals surface area contributed by atoms with Crippen LogP contribution in [0.1, 0.15) is 62.4 Å². The molecule has 0 radical (unpaired) electrons. The van der Waals surface area contributed by atoms with E-state index in [1.54, 1.807) is 0 Å². The van der Waals surface area contributed by atoms with Gasteiger partial charge >= 0.3 is 5.69 Å². The van der Waals surface area contributed by atoms with Gasteiger partial charge in [0.2, 0.25) is 11.8 Å². The molecule has 1 aliphatic heterocycles. The summed E-state index contributed by atoms with van der Waals surface area (Å²) in [6.07, 6.45) is 7.69. The first-order valence-electron chi connectivity index (χ1n) is 11.0. The minimum Gasteiger partial charge on any atom is -0.378 e. The summed E-state index contributed by atoms with van der Waals surface area (Å²) >= 11 is 0. The maximum Gasteiger partial charge on any atom is 0.333 e. The Morgan fingerprint density at radius 2 is 2.06 bits per heavy atom. The number of nitro groups is 1. The van der Waals surface area contributed by atoms with Crippen LogP contribution in [0.25, 0.3) is 0 Å². The average molecular weight is 436 g/mol. The molecule has 3 heterocycles. The predicted octanol–water partition coefficient (Wildman–Crippen LogP) is 2.41. The molecule has 2 N–H and O–H groups in total. The maximum absolute atomic E-state index is 11.8. The second kappa shape index (κ2) is 6.38. The largest absolute Gasteiger partial charge is 0.378 e. The van der Waals surface area contributed by atoms with Crippen LogP contribution >= 0.6 is 0 Å². The number of nitriles is 1. The van der Waals surface area contributed by atoms with Gasteiger partial charge < -0.3 is 15.4 Å². The molecule has 32 heavy (non-hydrogen) atoms. The van der Waals surface area contributed by atoms with Crippen molar-refractivity contribution in [2.45, 2.75) is 62.7 Å². The topological polar surface area (TPSA) is 149 Å². The van der Waals surface area contributed by atoms with E-state index >= 15 is 0 Å². The molecule has 7 rings (SSSR count). The van der Waals surface area contributed by atoms with Crippen molar-refractivity contribution in [3.63, 3.8) is 0 Å². The first-order valence-corrected chi connectivity index (χ1v) is 11.0. The number of rotatable bonds is 5. The first kappa shape index (κ1) is 19.4. The minimum atomic E-state index is -0.495. The van der Waals surface area contributed by atoms with Gasteiger partial charge in [-0.1, -0.05) is 0 Å². The van der Waals surface area contributed by atoms with Gasteiger partial charge in [0.05, 0.1) is 41.3 Å². The standard InChI is InChI=1S/C21H24N8O3/c1-12-5-27(7-15(32-12)13-4-24-28(6-13)14-2-3-14)19-25-17(16(29(30)31)18(23)26-19)21-8-20(9-21,10-21)11-22/h4,6,12,14-15H,2-3,5,7-10H2,1H3,(H2,23,25,26). The lowest BCUT2D eigenvalue weighted by molar-refractivity contribution is -0.386. The van der Waals surface area contributed by atoms with E-state index in [4.69, 9.17) is 10.5 Å². The summed E-state index contributed by atoms with van der Waals surface area (Å²) in [5.74, 6) is 0.261. The summed E-state index contributed by atoms with van der Waals surface area (Å²) in [5.41, 5.74) is 6.45. The monoisotopic (exact) mass is 436 g/mol. The lowest BCUT2D eigenvalue weighted by atomic mass is 9.34. The molecule has 4 saturated carbocycles. The van der Waals surface area contributed by atoms with Gasteiger partial charge in [-0.05, 0) is 39.0 Å². The van der Waals surface area contributed by atoms with Crippen LogP contribution in [-0.4, -0.2) is 43.9 Å². The highest BCUT2D eigenvalue weighted by atomic mass is 16.6. The van der Waals surface area contributed by atoms with Crippen LogP contribution in [-0.2, 0) is 10.2 Å². The van der Waals surface area contributed by atoms with Gasteiger partial charge in [0.1, 0.15) is 11.8 Å². The van der Waals surface area contributed by atoms with E-state index in [-0.39, 0.29) is 29.1 Å². The van der Waals surface area contributed by atoms with Crippen LogP contribution < -0.4 is 10.6 Å². The molecule has 2 unspecified atom stereocenters. The molecular formula is C21H24N8O3. The van der Waals surface area contributed by atoms with E-state index in [2.05, 4.69) is 21.1 Å². The van der Waals surface area contributed by atoms with Gasteiger partial charge in [-0.2, -0.15) is 15.3 Å². The summed E-state index contributed by atoms with van der Waals surface area (Å²) in [4.78, 5) is 22.3. The quantitative estimate of drug-likeness (QED) is 0.550. The molecule has 4 aliphatic carbocycles. The van der Waals surface area contributed by atoms with Crippen LogP contribution in [0.3, 0.4) is 0 Å². The van der Waals surface area contributed by atoms with Gasteiger partial charge in [-0.25, -0.2) is 4.98 Å². The number of anilines is 2. The van der Waals surface area contributed by atoms with Crippen LogP contribution in [0.4, 0.5) is 17.5 Å². The molecule has 0 amide bonds. The molecule has 2 aromatic rings. The van der Waals surface area contributed by atoms with Gasteiger partial charge in [0, 0.05) is 23.7 Å². The molecule has 2 bridgehead atoms. The fourth-order valence-corrected chi connectivity index (χ4v) is 5.67. The molecule has 11 heteroatoms. The Labute approximate surface area is 184 Å². The second-order valence-electron chi connectivity index (χ2n) is 9.89. The molecule has 166 valence electrons. The van der Waals surface area contributed by atoms with E-state index in [1.165, 1.54) is 0 Å². The molecule has 2 atom stereocenters. The third-order valence-corrected chi connectivity index (χ3v) is 7.31. The molecule has 1 saturated heterocycles. The fraction of sp³-hybridized carbons (Fsp3) is 0.619. The van der Waals surface area contributed by atoms with Crippen molar-refractivity contribution in [1.82, 2.24) is 19.7 Å². The molecule has 5 aliphatic rings. The normalized spacial score (nSPS) is 33.2. The Hall–Kier alpha value is -3.26. The molecule has 11 nitrogen and oxygen atoms in total. The lowest BCUT2D eigenvalue weighted by Gasteiger charge is -2.66. The Bertz CT molecular complexity index is 1150. The van der Waals surface area contributed by atoms with Crippen molar-refractivity contribution in [3.8, 4) is 6.07 Å². The number of hydrogen-bond acceptors (Lipinski definition) is 9. The van der Waals surface area contributed by atoms with Gasteiger partial charge in [-0.15, -0.1) is 0 Å². The second-order valence-corrected chi connectivity index (χ2v) is 9.89. The summed E-state index contributed by atoms with van der Waals surface area (Å²) in [6, 6.07) is 2.84. The van der Waals surface area contributed by atoms with E-state index < -0.39 is 10.3 Å². The van der Waals surface area contributed by atoms with Crippen molar-refractivity contribution in [2.24, 2.45) is 5.41 Å². The van der Waals surface area contributed by atoms with E-state index in [0.717, 1.165) is 18.4 Å². The Balaban J connectivity index is 1.32. The van der Waals surface area contributed by atoms with Crippen LogP contribution in [0.15, 0.2) is 12.4 Å². The fourth-order valence-electron chi connectivity index (χ4n) is 5.67. The summed E-state index contributed by atoms with van der Waals surface area (Å²) in [6.45, 7) is 3.05.